The van der Waals surface area contributed by atoms with E-state index in [2.05, 4.69) is 104 Å². The number of unbranched alkanes of at least 4 members (excludes halogenated alkanes) is 1. The minimum absolute atomic E-state index is 0.0180. The van der Waals surface area contributed by atoms with Gasteiger partial charge in [0.2, 0.25) is 0 Å². The Morgan fingerprint density at radius 3 is 0.713 bits per heavy atom. The van der Waals surface area contributed by atoms with Crippen LogP contribution in [0.4, 0.5) is 0 Å². The molecule has 14 aliphatic carbocycles. The molecule has 0 spiro atoms. The van der Waals surface area contributed by atoms with E-state index in [0.29, 0.717) is 146 Å². The third-order valence-electron chi connectivity index (χ3n) is 24.7. The number of carbonyl (C=O) groups is 6. The van der Waals surface area contributed by atoms with E-state index in [1.54, 1.807) is 6.92 Å². The number of hydrogen-bond donors (Lipinski definition) is 0. The van der Waals surface area contributed by atoms with Crippen LogP contribution < -0.4 is 0 Å². The number of carbonyl (C=O) groups excluding carboxylic acids is 6. The van der Waals surface area contributed by atoms with Crippen LogP contribution in [0, 0.1) is 207 Å². The highest BCUT2D eigenvalue weighted by Crippen LogP contribution is 2.58. The van der Waals surface area contributed by atoms with Crippen LogP contribution in [0.5, 0.6) is 0 Å². The summed E-state index contributed by atoms with van der Waals surface area (Å²) in [4.78, 5) is 69.2. The summed E-state index contributed by atoms with van der Waals surface area (Å²) in [6.07, 6.45) is 39.8. The molecule has 0 aromatic heterocycles. The SMILES string of the molecule is CC.CC.CC.CC.CC.CCC(=O)C1C2CCC#CCCC21.CCC(=O)C1C2CCC#CCCC21.CCC1C2CCC#CCCC12.CCC1C2CCC#CCCC12.CCCC(=O)C1C2CCC#CCCC21.CCOC(=O)C1C2CCC#CCCC21.CCOC(=O)CCCCC(=O)OCC1C2CCC#CCCC21. The minimum atomic E-state index is -0.188. The number of rotatable bonds is 19. The fourth-order valence-electron chi connectivity index (χ4n) is 19.0. The highest BCUT2D eigenvalue weighted by molar-refractivity contribution is 5.85. The standard InChI is InChI=1S/C18H26O4.C13H18O.C12H16O2.2C12H16O.2C11H16.5C2H6/c1-2-21-17(19)11-7-8-12-18(20)22-13-16-14-9-5-3-4-6-10-15(14)16;1-2-7-12(14)13-10-8-5-3-4-6-9-11(10)13;1-2-14-12(13)11-9-7-5-3-4-6-8-10(9)11;2*1-2-11(13)12-9-7-5-3-4-6-8-10(9)12;2*1-2-9-10-7-5-3-4-6-8-11(9)10;5*1-2/h14-16H,2,5-13H2,1H3;10-11,13H,2,5-9H2,1H3;9-11H,2,5-8H2,1H3;2*9-10,12H,2,5-8H2,1H3;2*9-11H,2,5-8H2,1H3;5*1-2H3. The fraction of sp³-hybridized carbons (Fsp3) is 0.798. The number of ketones is 3. The van der Waals surface area contributed by atoms with Crippen LogP contribution in [0.3, 0.4) is 0 Å². The Labute approximate surface area is 663 Å². The lowest BCUT2D eigenvalue weighted by Crippen LogP contribution is -2.09. The third kappa shape index (κ3) is 33.3. The molecule has 0 amide bonds. The Hall–Kier alpha value is -5.66. The Morgan fingerprint density at radius 2 is 0.481 bits per heavy atom. The van der Waals surface area contributed by atoms with Gasteiger partial charge in [-0.15, -0.1) is 82.9 Å². The number of esters is 3. The molecular formula is C99H154O9. The van der Waals surface area contributed by atoms with Crippen LogP contribution in [0.15, 0.2) is 0 Å². The molecule has 0 aromatic carbocycles. The number of hydrogen-bond acceptors (Lipinski definition) is 9. The lowest BCUT2D eigenvalue weighted by atomic mass is 10.1. The summed E-state index contributed by atoms with van der Waals surface area (Å²) < 4.78 is 15.3. The van der Waals surface area contributed by atoms with Gasteiger partial charge in [0.15, 0.2) is 0 Å². The highest BCUT2D eigenvalue weighted by Gasteiger charge is 2.56. The van der Waals surface area contributed by atoms with Crippen molar-refractivity contribution in [1.82, 2.24) is 0 Å². The van der Waals surface area contributed by atoms with Crippen molar-refractivity contribution in [1.29, 1.82) is 0 Å². The summed E-state index contributed by atoms with van der Waals surface area (Å²) in [6.45, 7) is 35.8. The highest BCUT2D eigenvalue weighted by atomic mass is 16.5. The van der Waals surface area contributed by atoms with Gasteiger partial charge >= 0.3 is 17.9 Å². The van der Waals surface area contributed by atoms with Crippen molar-refractivity contribution in [3.8, 4) is 82.9 Å². The molecule has 7 saturated carbocycles. The van der Waals surface area contributed by atoms with Gasteiger partial charge in [0.1, 0.15) is 17.3 Å². The van der Waals surface area contributed by atoms with E-state index in [1.807, 2.05) is 90.0 Å². The molecule has 9 nitrogen and oxygen atoms in total. The maximum Gasteiger partial charge on any atom is 0.309 e. The molecule has 14 unspecified atom stereocenters. The average molecular weight is 1490 g/mol. The first-order chi connectivity index (χ1) is 53.0. The molecule has 7 fully saturated rings. The van der Waals surface area contributed by atoms with Crippen molar-refractivity contribution in [2.75, 3.05) is 19.8 Å². The molecule has 0 saturated heterocycles. The maximum atomic E-state index is 11.8. The average Bonchev–Trinajstić information content (AvgIpc) is 1.62. The van der Waals surface area contributed by atoms with Gasteiger partial charge < -0.3 is 14.2 Å². The molecule has 14 atom stereocenters. The Balaban J connectivity index is 0.000000323. The predicted molar refractivity (Wildman–Crippen MR) is 448 cm³/mol. The summed E-state index contributed by atoms with van der Waals surface area (Å²) in [5.74, 6) is 60.9. The summed E-state index contributed by atoms with van der Waals surface area (Å²) in [5, 5.41) is 0. The Bertz CT molecular complexity index is 2800. The van der Waals surface area contributed by atoms with Gasteiger partial charge in [-0.25, -0.2) is 0 Å². The van der Waals surface area contributed by atoms with Crippen LogP contribution in [0.1, 0.15) is 362 Å². The second-order valence-corrected chi connectivity index (χ2v) is 30.5. The zero-order chi connectivity index (χ0) is 79.6. The fourth-order valence-corrected chi connectivity index (χ4v) is 19.0. The molecule has 14 aliphatic rings. The molecule has 0 radical (unpaired) electrons. The van der Waals surface area contributed by atoms with Gasteiger partial charge in [0, 0.05) is 140 Å². The van der Waals surface area contributed by atoms with Gasteiger partial charge in [-0.3, -0.25) is 28.8 Å². The normalized spacial score (nSPS) is 31.5. The predicted octanol–water partition coefficient (Wildman–Crippen LogP) is 23.5. The van der Waals surface area contributed by atoms with Crippen LogP contribution in [-0.4, -0.2) is 55.1 Å². The van der Waals surface area contributed by atoms with Gasteiger partial charge in [0.05, 0.1) is 25.7 Å². The lowest BCUT2D eigenvalue weighted by molar-refractivity contribution is -0.146. The van der Waals surface area contributed by atoms with E-state index in [4.69, 9.17) is 14.2 Å². The minimum Gasteiger partial charge on any atom is -0.466 e. The van der Waals surface area contributed by atoms with Crippen LogP contribution >= 0.6 is 0 Å². The van der Waals surface area contributed by atoms with Crippen molar-refractivity contribution in [3.63, 3.8) is 0 Å². The first kappa shape index (κ1) is 96.5. The van der Waals surface area contributed by atoms with Crippen LogP contribution in [0.25, 0.3) is 0 Å². The molecule has 0 N–H and O–H groups in total. The molecule has 0 bridgehead atoms. The van der Waals surface area contributed by atoms with Crippen molar-refractivity contribution < 1.29 is 43.0 Å². The number of Topliss-reactive ketones (excluding diaryl/α,β-unsaturated/α-hetero) is 3. The van der Waals surface area contributed by atoms with Crippen LogP contribution in [0.2, 0.25) is 0 Å². The third-order valence-corrected chi connectivity index (χ3v) is 24.7. The Kier molecular flexibility index (Phi) is 51.3. The zero-order valence-electron chi connectivity index (χ0n) is 71.8. The first-order valence-electron chi connectivity index (χ1n) is 45.2. The quantitative estimate of drug-likeness (QED) is 0.0537. The monoisotopic (exact) mass is 1490 g/mol. The van der Waals surface area contributed by atoms with Gasteiger partial charge in [-0.2, -0.15) is 0 Å². The maximum absolute atomic E-state index is 11.8. The molecule has 0 heterocycles. The van der Waals surface area contributed by atoms with Crippen molar-refractivity contribution in [3.05, 3.63) is 0 Å². The van der Waals surface area contributed by atoms with E-state index >= 15 is 0 Å². The van der Waals surface area contributed by atoms with Gasteiger partial charge in [0.25, 0.3) is 0 Å². The molecule has 14 rings (SSSR count). The van der Waals surface area contributed by atoms with Crippen LogP contribution in [-0.2, 0) is 43.0 Å². The van der Waals surface area contributed by atoms with E-state index in [0.717, 1.165) is 215 Å². The van der Waals surface area contributed by atoms with E-state index in [9.17, 15) is 28.8 Å². The van der Waals surface area contributed by atoms with E-state index < -0.39 is 0 Å². The smallest absolute Gasteiger partial charge is 0.309 e. The molecule has 9 heteroatoms. The van der Waals surface area contributed by atoms with Crippen molar-refractivity contribution in [2.24, 2.45) is 124 Å². The molecule has 108 heavy (non-hydrogen) atoms. The molecular weight excluding hydrogens is 1330 g/mol. The second-order valence-electron chi connectivity index (χ2n) is 30.5. The first-order valence-corrected chi connectivity index (χ1v) is 45.2. The molecule has 0 aromatic rings. The molecule has 604 valence electrons. The Morgan fingerprint density at radius 1 is 0.259 bits per heavy atom. The topological polar surface area (TPSA) is 130 Å². The van der Waals surface area contributed by atoms with E-state index in [-0.39, 0.29) is 23.8 Å². The number of ether oxygens (including phenoxy) is 3. The summed E-state index contributed by atoms with van der Waals surface area (Å²) in [5.41, 5.74) is 0. The lowest BCUT2D eigenvalue weighted by Gasteiger charge is -2.05. The second kappa shape index (κ2) is 57.4. The van der Waals surface area contributed by atoms with E-state index in [1.165, 1.54) is 38.5 Å². The van der Waals surface area contributed by atoms with Gasteiger partial charge in [-0.05, 0) is 224 Å². The molecule has 0 aliphatic heterocycles. The van der Waals surface area contributed by atoms with Crippen molar-refractivity contribution in [2.45, 2.75) is 362 Å². The summed E-state index contributed by atoms with van der Waals surface area (Å²) >= 11 is 0. The summed E-state index contributed by atoms with van der Waals surface area (Å²) in [6, 6.07) is 0. The largest absolute Gasteiger partial charge is 0.466 e. The zero-order valence-corrected chi connectivity index (χ0v) is 71.8. The number of fused-ring (bicyclic) bond motifs is 7. The summed E-state index contributed by atoms with van der Waals surface area (Å²) in [7, 11) is 0. The van der Waals surface area contributed by atoms with Gasteiger partial charge in [-0.1, -0.05) is 117 Å². The van der Waals surface area contributed by atoms with Crippen molar-refractivity contribution >= 4 is 35.3 Å².